The Labute approximate surface area is 119 Å². The maximum Gasteiger partial charge on any atom is 0.160 e. The first-order valence-corrected chi connectivity index (χ1v) is 7.05. The highest BCUT2D eigenvalue weighted by atomic mass is 35.5. The van der Waals surface area contributed by atoms with E-state index in [-0.39, 0.29) is 10.0 Å². The van der Waals surface area contributed by atoms with Gasteiger partial charge in [-0.2, -0.15) is 0 Å². The Morgan fingerprint density at radius 1 is 1.33 bits per heavy atom. The highest BCUT2D eigenvalue weighted by Gasteiger charge is 2.07. The van der Waals surface area contributed by atoms with E-state index in [1.807, 2.05) is 5.38 Å². The van der Waals surface area contributed by atoms with Crippen LogP contribution < -0.4 is 5.32 Å². The highest BCUT2D eigenvalue weighted by molar-refractivity contribution is 7.09. The van der Waals surface area contributed by atoms with E-state index in [4.69, 9.17) is 23.2 Å². The topological polar surface area (TPSA) is 24.9 Å². The van der Waals surface area contributed by atoms with E-state index in [1.54, 1.807) is 11.3 Å². The van der Waals surface area contributed by atoms with Crippen LogP contribution in [0.15, 0.2) is 17.5 Å². The van der Waals surface area contributed by atoms with E-state index in [0.29, 0.717) is 12.2 Å². The molecule has 1 aromatic carbocycles. The fourth-order valence-corrected chi connectivity index (χ4v) is 2.67. The molecule has 0 fully saturated rings. The second-order valence-electron chi connectivity index (χ2n) is 3.69. The minimum absolute atomic E-state index is 0.0116. The van der Waals surface area contributed by atoms with Crippen molar-refractivity contribution in [3.05, 3.63) is 44.1 Å². The molecule has 6 heteroatoms. The maximum absolute atomic E-state index is 13.2. The molecule has 0 atom stereocenters. The summed E-state index contributed by atoms with van der Waals surface area (Å²) in [5.74, 6) is -0.592. The molecule has 0 unspecified atom stereocenters. The molecular weight excluding hydrogens is 294 g/mol. The van der Waals surface area contributed by atoms with Crippen LogP contribution in [0.2, 0.25) is 10.0 Å². The van der Waals surface area contributed by atoms with Crippen molar-refractivity contribution >= 4 is 40.2 Å². The Morgan fingerprint density at radius 3 is 2.56 bits per heavy atom. The van der Waals surface area contributed by atoms with Gasteiger partial charge in [0.15, 0.2) is 5.82 Å². The zero-order valence-corrected chi connectivity index (χ0v) is 12.0. The molecule has 0 radical (unpaired) electrons. The third-order valence-electron chi connectivity index (χ3n) is 2.36. The molecule has 96 valence electrons. The maximum atomic E-state index is 13.2. The van der Waals surface area contributed by atoms with E-state index >= 15 is 0 Å². The van der Waals surface area contributed by atoms with Gasteiger partial charge in [-0.3, -0.25) is 0 Å². The summed E-state index contributed by atoms with van der Waals surface area (Å²) in [4.78, 5) is 4.42. The van der Waals surface area contributed by atoms with Gasteiger partial charge < -0.3 is 5.32 Å². The Balaban J connectivity index is 2.06. The normalized spacial score (nSPS) is 10.7. The van der Waals surface area contributed by atoms with E-state index in [2.05, 4.69) is 17.2 Å². The Bertz CT molecular complexity index is 534. The highest BCUT2D eigenvalue weighted by Crippen LogP contribution is 2.27. The molecule has 1 heterocycles. The molecule has 2 rings (SSSR count). The van der Waals surface area contributed by atoms with Crippen molar-refractivity contribution < 1.29 is 4.39 Å². The van der Waals surface area contributed by atoms with Gasteiger partial charge in [0.2, 0.25) is 0 Å². The molecule has 2 nitrogen and oxygen atoms in total. The first kappa shape index (κ1) is 13.6. The van der Waals surface area contributed by atoms with E-state index in [0.717, 1.165) is 17.1 Å². The third-order valence-corrected chi connectivity index (χ3v) is 3.95. The number of hydrogen-bond acceptors (Lipinski definition) is 3. The summed E-state index contributed by atoms with van der Waals surface area (Å²) in [5, 5.41) is 6.24. The van der Waals surface area contributed by atoms with Crippen molar-refractivity contribution in [1.82, 2.24) is 4.98 Å². The SMILES string of the molecule is CCc1nc(CNc2cc(Cl)c(F)c(Cl)c2)cs1. The monoisotopic (exact) mass is 304 g/mol. The van der Waals surface area contributed by atoms with Gasteiger partial charge in [0, 0.05) is 11.1 Å². The molecule has 0 saturated heterocycles. The molecule has 0 saturated carbocycles. The smallest absolute Gasteiger partial charge is 0.160 e. The molecular formula is C12H11Cl2FN2S. The van der Waals surface area contributed by atoms with Gasteiger partial charge in [0.05, 0.1) is 27.3 Å². The average Bonchev–Trinajstić information content (AvgIpc) is 2.81. The lowest BCUT2D eigenvalue weighted by Crippen LogP contribution is -2.00. The van der Waals surface area contributed by atoms with Crippen molar-refractivity contribution in [3.8, 4) is 0 Å². The lowest BCUT2D eigenvalue weighted by Gasteiger charge is -2.06. The minimum Gasteiger partial charge on any atom is -0.379 e. The molecule has 1 N–H and O–H groups in total. The summed E-state index contributed by atoms with van der Waals surface area (Å²) in [7, 11) is 0. The lowest BCUT2D eigenvalue weighted by molar-refractivity contribution is 0.629. The standard InChI is InChI=1S/C12H11Cl2FN2S/c1-2-11-17-8(6-18-11)5-16-7-3-9(13)12(15)10(14)4-7/h3-4,6,16H,2,5H2,1H3. The number of benzene rings is 1. The molecule has 0 aliphatic rings. The summed E-state index contributed by atoms with van der Waals surface area (Å²) < 4.78 is 13.2. The molecule has 0 bridgehead atoms. The summed E-state index contributed by atoms with van der Waals surface area (Å²) in [6.07, 6.45) is 0.929. The molecule has 18 heavy (non-hydrogen) atoms. The number of rotatable bonds is 4. The van der Waals surface area contributed by atoms with Crippen molar-refractivity contribution in [1.29, 1.82) is 0 Å². The Hall–Kier alpha value is -0.840. The van der Waals surface area contributed by atoms with Crippen LogP contribution in [-0.2, 0) is 13.0 Å². The largest absolute Gasteiger partial charge is 0.379 e. The number of anilines is 1. The number of hydrogen-bond donors (Lipinski definition) is 1. The fraction of sp³-hybridized carbons (Fsp3) is 0.250. The van der Waals surface area contributed by atoms with Gasteiger partial charge in [-0.15, -0.1) is 11.3 Å². The van der Waals surface area contributed by atoms with Crippen LogP contribution in [-0.4, -0.2) is 4.98 Å². The lowest BCUT2D eigenvalue weighted by atomic mass is 10.3. The third kappa shape index (κ3) is 3.13. The van der Waals surface area contributed by atoms with Gasteiger partial charge in [-0.25, -0.2) is 9.37 Å². The minimum atomic E-state index is -0.592. The first-order valence-electron chi connectivity index (χ1n) is 5.42. The van der Waals surface area contributed by atoms with E-state index in [9.17, 15) is 4.39 Å². The van der Waals surface area contributed by atoms with Gasteiger partial charge in [0.1, 0.15) is 0 Å². The predicted molar refractivity (Wildman–Crippen MR) is 75.2 cm³/mol. The second-order valence-corrected chi connectivity index (χ2v) is 5.45. The molecule has 1 aromatic heterocycles. The van der Waals surface area contributed by atoms with Gasteiger partial charge in [-0.1, -0.05) is 30.1 Å². The summed E-state index contributed by atoms with van der Waals surface area (Å²) >= 11 is 13.1. The van der Waals surface area contributed by atoms with Gasteiger partial charge in [-0.05, 0) is 18.6 Å². The molecule has 0 aliphatic heterocycles. The molecule has 2 aromatic rings. The number of thiazole rings is 1. The Kier molecular flexibility index (Phi) is 4.43. The second kappa shape index (κ2) is 5.87. The van der Waals surface area contributed by atoms with Crippen LogP contribution in [0.3, 0.4) is 0 Å². The zero-order valence-electron chi connectivity index (χ0n) is 9.64. The number of aromatic nitrogens is 1. The number of halogens is 3. The number of nitrogens with one attached hydrogen (secondary N) is 1. The zero-order chi connectivity index (χ0) is 13.1. The van der Waals surface area contributed by atoms with Crippen LogP contribution >= 0.6 is 34.5 Å². The van der Waals surface area contributed by atoms with Crippen molar-refractivity contribution in [2.24, 2.45) is 0 Å². The molecule has 0 aliphatic carbocycles. The van der Waals surface area contributed by atoms with Crippen molar-refractivity contribution in [3.63, 3.8) is 0 Å². The van der Waals surface area contributed by atoms with Gasteiger partial charge >= 0.3 is 0 Å². The quantitative estimate of drug-likeness (QED) is 0.824. The fourth-order valence-electron chi connectivity index (χ4n) is 1.44. The van der Waals surface area contributed by atoms with Crippen LogP contribution in [0, 0.1) is 5.82 Å². The summed E-state index contributed by atoms with van der Waals surface area (Å²) in [5.41, 5.74) is 1.63. The van der Waals surface area contributed by atoms with Crippen molar-refractivity contribution in [2.45, 2.75) is 19.9 Å². The van der Waals surface area contributed by atoms with Crippen LogP contribution in [0.4, 0.5) is 10.1 Å². The first-order chi connectivity index (χ1) is 8.60. The van der Waals surface area contributed by atoms with Crippen LogP contribution in [0.5, 0.6) is 0 Å². The van der Waals surface area contributed by atoms with E-state index < -0.39 is 5.82 Å². The molecule has 0 spiro atoms. The van der Waals surface area contributed by atoms with Crippen LogP contribution in [0.1, 0.15) is 17.6 Å². The van der Waals surface area contributed by atoms with Crippen LogP contribution in [0.25, 0.3) is 0 Å². The summed E-state index contributed by atoms with van der Waals surface area (Å²) in [6, 6.07) is 3.02. The number of nitrogens with zero attached hydrogens (tertiary/aromatic N) is 1. The summed E-state index contributed by atoms with van der Waals surface area (Å²) in [6.45, 7) is 2.63. The predicted octanol–water partition coefficient (Wildman–Crippen LogP) is 4.76. The van der Waals surface area contributed by atoms with Crippen molar-refractivity contribution in [2.75, 3.05) is 5.32 Å². The average molecular weight is 305 g/mol. The molecule has 0 amide bonds. The van der Waals surface area contributed by atoms with Gasteiger partial charge in [0.25, 0.3) is 0 Å². The number of aryl methyl sites for hydroxylation is 1. The Morgan fingerprint density at radius 2 is 2.00 bits per heavy atom. The van der Waals surface area contributed by atoms with E-state index in [1.165, 1.54) is 12.1 Å².